The SMILES string of the molecule is CCCCCNc1ccc(N)cc1C(=O)NCCOC. The lowest BCUT2D eigenvalue weighted by Gasteiger charge is -2.13. The number of benzene rings is 1. The van der Waals surface area contributed by atoms with Crippen molar-refractivity contribution in [2.45, 2.75) is 26.2 Å². The van der Waals surface area contributed by atoms with Gasteiger partial charge in [0.25, 0.3) is 5.91 Å². The van der Waals surface area contributed by atoms with Gasteiger partial charge in [-0.05, 0) is 24.6 Å². The second-order valence-electron chi connectivity index (χ2n) is 4.69. The van der Waals surface area contributed by atoms with E-state index in [4.69, 9.17) is 10.5 Å². The Labute approximate surface area is 120 Å². The Morgan fingerprint density at radius 2 is 2.10 bits per heavy atom. The standard InChI is InChI=1S/C15H25N3O2/c1-3-4-5-8-17-14-7-6-12(16)11-13(14)15(19)18-9-10-20-2/h6-7,11,17H,3-5,8-10,16H2,1-2H3,(H,18,19). The van der Waals surface area contributed by atoms with Crippen LogP contribution in [0.2, 0.25) is 0 Å². The fourth-order valence-electron chi connectivity index (χ4n) is 1.86. The molecule has 0 heterocycles. The lowest BCUT2D eigenvalue weighted by atomic mass is 10.1. The number of nitrogens with one attached hydrogen (secondary N) is 2. The summed E-state index contributed by atoms with van der Waals surface area (Å²) in [5.74, 6) is -0.132. The minimum atomic E-state index is -0.132. The molecular weight excluding hydrogens is 254 g/mol. The molecule has 0 bridgehead atoms. The lowest BCUT2D eigenvalue weighted by molar-refractivity contribution is 0.0938. The Kier molecular flexibility index (Phi) is 7.50. The van der Waals surface area contributed by atoms with Gasteiger partial charge in [0, 0.05) is 31.6 Å². The summed E-state index contributed by atoms with van der Waals surface area (Å²) in [6, 6.07) is 5.35. The van der Waals surface area contributed by atoms with Crippen molar-refractivity contribution in [3.8, 4) is 0 Å². The molecular formula is C15H25N3O2. The third-order valence-corrected chi connectivity index (χ3v) is 2.98. The average Bonchev–Trinajstić information content (AvgIpc) is 2.45. The predicted molar refractivity (Wildman–Crippen MR) is 83.1 cm³/mol. The topological polar surface area (TPSA) is 76.4 Å². The second-order valence-corrected chi connectivity index (χ2v) is 4.69. The number of anilines is 2. The number of nitrogen functional groups attached to an aromatic ring is 1. The number of hydrogen-bond acceptors (Lipinski definition) is 4. The Balaban J connectivity index is 2.66. The van der Waals surface area contributed by atoms with E-state index in [1.54, 1.807) is 19.2 Å². The summed E-state index contributed by atoms with van der Waals surface area (Å²) in [5, 5.41) is 6.11. The fraction of sp³-hybridized carbons (Fsp3) is 0.533. The van der Waals surface area contributed by atoms with Crippen molar-refractivity contribution < 1.29 is 9.53 Å². The van der Waals surface area contributed by atoms with Crippen LogP contribution >= 0.6 is 0 Å². The number of carbonyl (C=O) groups excluding carboxylic acids is 1. The molecule has 112 valence electrons. The first-order valence-electron chi connectivity index (χ1n) is 7.09. The van der Waals surface area contributed by atoms with Gasteiger partial charge in [-0.25, -0.2) is 0 Å². The molecule has 1 amide bonds. The molecule has 0 aliphatic rings. The maximum atomic E-state index is 12.1. The summed E-state index contributed by atoms with van der Waals surface area (Å²) in [6.07, 6.45) is 3.44. The lowest BCUT2D eigenvalue weighted by Crippen LogP contribution is -2.27. The summed E-state index contributed by atoms with van der Waals surface area (Å²) >= 11 is 0. The minimum Gasteiger partial charge on any atom is -0.399 e. The number of hydrogen-bond donors (Lipinski definition) is 3. The number of carbonyl (C=O) groups is 1. The van der Waals surface area contributed by atoms with Gasteiger partial charge in [-0.2, -0.15) is 0 Å². The summed E-state index contributed by atoms with van der Waals surface area (Å²) in [5.41, 5.74) is 7.75. The number of methoxy groups -OCH3 is 1. The van der Waals surface area contributed by atoms with Crippen LogP contribution in [0.5, 0.6) is 0 Å². The number of amides is 1. The van der Waals surface area contributed by atoms with Crippen molar-refractivity contribution in [3.05, 3.63) is 23.8 Å². The first-order valence-corrected chi connectivity index (χ1v) is 7.09. The number of ether oxygens (including phenoxy) is 1. The first-order chi connectivity index (χ1) is 9.69. The van der Waals surface area contributed by atoms with Gasteiger partial charge in [0.05, 0.1) is 12.2 Å². The van der Waals surface area contributed by atoms with Crippen molar-refractivity contribution in [3.63, 3.8) is 0 Å². The molecule has 0 saturated carbocycles. The summed E-state index contributed by atoms with van der Waals surface area (Å²) < 4.78 is 4.92. The van der Waals surface area contributed by atoms with Gasteiger partial charge in [0.1, 0.15) is 0 Å². The van der Waals surface area contributed by atoms with Crippen molar-refractivity contribution in [1.29, 1.82) is 0 Å². The summed E-state index contributed by atoms with van der Waals surface area (Å²) in [4.78, 5) is 12.1. The smallest absolute Gasteiger partial charge is 0.253 e. The molecule has 5 heteroatoms. The first kappa shape index (κ1) is 16.3. The molecule has 0 spiro atoms. The van der Waals surface area contributed by atoms with Crippen molar-refractivity contribution in [1.82, 2.24) is 5.32 Å². The Hall–Kier alpha value is -1.75. The Bertz CT molecular complexity index is 422. The van der Waals surface area contributed by atoms with Gasteiger partial charge in [-0.3, -0.25) is 4.79 Å². The quantitative estimate of drug-likeness (QED) is 0.478. The van der Waals surface area contributed by atoms with Gasteiger partial charge in [-0.15, -0.1) is 0 Å². The molecule has 1 rings (SSSR count). The predicted octanol–water partition coefficient (Wildman–Crippen LogP) is 2.25. The summed E-state index contributed by atoms with van der Waals surface area (Å²) in [6.45, 7) is 4.00. The summed E-state index contributed by atoms with van der Waals surface area (Å²) in [7, 11) is 1.60. The highest BCUT2D eigenvalue weighted by molar-refractivity contribution is 6.00. The van der Waals surface area contributed by atoms with Crippen LogP contribution in [0.4, 0.5) is 11.4 Å². The van der Waals surface area contributed by atoms with Crippen LogP contribution in [0.15, 0.2) is 18.2 Å². The van der Waals surface area contributed by atoms with E-state index in [9.17, 15) is 4.79 Å². The number of unbranched alkanes of at least 4 members (excludes halogenated alkanes) is 2. The van der Waals surface area contributed by atoms with Crippen LogP contribution in [0.3, 0.4) is 0 Å². The number of nitrogens with two attached hydrogens (primary N) is 1. The molecule has 5 nitrogen and oxygen atoms in total. The maximum absolute atomic E-state index is 12.1. The Morgan fingerprint density at radius 3 is 2.80 bits per heavy atom. The largest absolute Gasteiger partial charge is 0.399 e. The van der Waals surface area contributed by atoms with Crippen LogP contribution in [0.1, 0.15) is 36.5 Å². The van der Waals surface area contributed by atoms with E-state index in [-0.39, 0.29) is 5.91 Å². The zero-order valence-electron chi connectivity index (χ0n) is 12.4. The van der Waals surface area contributed by atoms with Crippen molar-refractivity contribution >= 4 is 17.3 Å². The van der Waals surface area contributed by atoms with Gasteiger partial charge < -0.3 is 21.1 Å². The van der Waals surface area contributed by atoms with Gasteiger partial charge in [0.15, 0.2) is 0 Å². The highest BCUT2D eigenvalue weighted by Crippen LogP contribution is 2.19. The zero-order valence-corrected chi connectivity index (χ0v) is 12.4. The van der Waals surface area contributed by atoms with Crippen LogP contribution in [0.25, 0.3) is 0 Å². The van der Waals surface area contributed by atoms with E-state index in [0.29, 0.717) is 24.4 Å². The molecule has 0 fully saturated rings. The molecule has 0 aliphatic carbocycles. The van der Waals surface area contributed by atoms with E-state index in [2.05, 4.69) is 17.6 Å². The minimum absolute atomic E-state index is 0.132. The van der Waals surface area contributed by atoms with Crippen LogP contribution < -0.4 is 16.4 Å². The molecule has 0 saturated heterocycles. The van der Waals surface area contributed by atoms with E-state index in [0.717, 1.165) is 18.7 Å². The number of rotatable bonds is 9. The average molecular weight is 279 g/mol. The van der Waals surface area contributed by atoms with Crippen LogP contribution in [-0.4, -0.2) is 32.7 Å². The van der Waals surface area contributed by atoms with Gasteiger partial charge >= 0.3 is 0 Å². The Morgan fingerprint density at radius 1 is 1.30 bits per heavy atom. The monoisotopic (exact) mass is 279 g/mol. The molecule has 0 aliphatic heterocycles. The van der Waals surface area contributed by atoms with E-state index in [1.807, 2.05) is 6.07 Å². The molecule has 0 atom stereocenters. The molecule has 1 aromatic carbocycles. The highest BCUT2D eigenvalue weighted by atomic mass is 16.5. The zero-order chi connectivity index (χ0) is 14.8. The molecule has 1 aromatic rings. The molecule has 20 heavy (non-hydrogen) atoms. The van der Waals surface area contributed by atoms with Gasteiger partial charge in [0.2, 0.25) is 0 Å². The van der Waals surface area contributed by atoms with E-state index < -0.39 is 0 Å². The van der Waals surface area contributed by atoms with Crippen molar-refractivity contribution in [2.75, 3.05) is 37.9 Å². The fourth-order valence-corrected chi connectivity index (χ4v) is 1.86. The van der Waals surface area contributed by atoms with E-state index >= 15 is 0 Å². The van der Waals surface area contributed by atoms with Crippen LogP contribution in [0, 0.1) is 0 Å². The molecule has 0 aromatic heterocycles. The third-order valence-electron chi connectivity index (χ3n) is 2.98. The molecule has 0 radical (unpaired) electrons. The van der Waals surface area contributed by atoms with E-state index in [1.165, 1.54) is 12.8 Å². The van der Waals surface area contributed by atoms with Gasteiger partial charge in [-0.1, -0.05) is 19.8 Å². The van der Waals surface area contributed by atoms with Crippen molar-refractivity contribution in [2.24, 2.45) is 0 Å². The third kappa shape index (κ3) is 5.48. The normalized spacial score (nSPS) is 10.3. The maximum Gasteiger partial charge on any atom is 0.253 e. The molecule has 0 unspecified atom stereocenters. The second kappa shape index (κ2) is 9.20. The molecule has 4 N–H and O–H groups in total. The van der Waals surface area contributed by atoms with Crippen LogP contribution in [-0.2, 0) is 4.74 Å². The highest BCUT2D eigenvalue weighted by Gasteiger charge is 2.11.